The summed E-state index contributed by atoms with van der Waals surface area (Å²) in [7, 11) is 1.52. The molecule has 1 heterocycles. The summed E-state index contributed by atoms with van der Waals surface area (Å²) in [5, 5.41) is 0.654. The number of hydrogen-bond acceptors (Lipinski definition) is 2. The first-order valence-electron chi connectivity index (χ1n) is 2.60. The molecule has 0 saturated carbocycles. The normalized spacial score (nSPS) is 9.50. The molecule has 0 unspecified atom stereocenters. The lowest BCUT2D eigenvalue weighted by Gasteiger charge is -1.99. The van der Waals surface area contributed by atoms with Crippen LogP contribution in [0.5, 0.6) is 5.75 Å². The summed E-state index contributed by atoms with van der Waals surface area (Å²) in [6.45, 7) is 0. The second kappa shape index (κ2) is 3.08. The predicted octanol–water partition coefficient (Wildman–Crippen LogP) is 2.40. The number of nitrogens with zero attached hydrogens (tertiary/aromatic N) is 1. The summed E-state index contributed by atoms with van der Waals surface area (Å²) in [6.07, 6.45) is 0. The average molecular weight is 178 g/mol. The number of halogens is 2. The maximum atomic E-state index is 5.61. The van der Waals surface area contributed by atoms with Crippen LogP contribution in [0.1, 0.15) is 0 Å². The van der Waals surface area contributed by atoms with E-state index in [9.17, 15) is 0 Å². The number of ether oxygens (including phenoxy) is 1. The zero-order chi connectivity index (χ0) is 7.56. The highest BCUT2D eigenvalue weighted by Gasteiger charge is 2.00. The van der Waals surface area contributed by atoms with Gasteiger partial charge in [-0.3, -0.25) is 0 Å². The Labute approximate surface area is 68.7 Å². The van der Waals surface area contributed by atoms with Crippen molar-refractivity contribution in [1.82, 2.24) is 4.98 Å². The van der Waals surface area contributed by atoms with E-state index in [4.69, 9.17) is 27.9 Å². The standard InChI is InChI=1S/C6H5Cl2NO/c1-10-4-2-3-5(7)9-6(4)8/h2-3H,1H3. The number of pyridine rings is 1. The molecule has 1 rings (SSSR count). The lowest BCUT2D eigenvalue weighted by Crippen LogP contribution is -1.85. The molecule has 10 heavy (non-hydrogen) atoms. The van der Waals surface area contributed by atoms with Crippen molar-refractivity contribution >= 4 is 23.2 Å². The van der Waals surface area contributed by atoms with Crippen molar-refractivity contribution in [2.45, 2.75) is 0 Å². The van der Waals surface area contributed by atoms with E-state index >= 15 is 0 Å². The van der Waals surface area contributed by atoms with Gasteiger partial charge in [-0.15, -0.1) is 0 Å². The van der Waals surface area contributed by atoms with Crippen LogP contribution in [0.15, 0.2) is 12.1 Å². The van der Waals surface area contributed by atoms with Crippen LogP contribution in [-0.2, 0) is 0 Å². The minimum atomic E-state index is 0.287. The van der Waals surface area contributed by atoms with Gasteiger partial charge in [0, 0.05) is 0 Å². The third kappa shape index (κ3) is 1.52. The largest absolute Gasteiger partial charge is 0.494 e. The Bertz CT molecular complexity index is 239. The molecular weight excluding hydrogens is 173 g/mol. The molecule has 0 aromatic carbocycles. The smallest absolute Gasteiger partial charge is 0.172 e. The Morgan fingerprint density at radius 1 is 1.40 bits per heavy atom. The molecule has 0 aliphatic rings. The van der Waals surface area contributed by atoms with Crippen molar-refractivity contribution in [3.8, 4) is 5.75 Å². The highest BCUT2D eigenvalue weighted by Crippen LogP contribution is 2.22. The number of rotatable bonds is 1. The minimum Gasteiger partial charge on any atom is -0.494 e. The highest BCUT2D eigenvalue weighted by atomic mass is 35.5. The first-order chi connectivity index (χ1) is 4.74. The van der Waals surface area contributed by atoms with Gasteiger partial charge in [0.25, 0.3) is 0 Å². The van der Waals surface area contributed by atoms with Gasteiger partial charge in [0.05, 0.1) is 7.11 Å². The second-order valence-corrected chi connectivity index (χ2v) is 2.37. The van der Waals surface area contributed by atoms with Gasteiger partial charge in [0.2, 0.25) is 0 Å². The van der Waals surface area contributed by atoms with E-state index in [0.717, 1.165) is 0 Å². The van der Waals surface area contributed by atoms with Gasteiger partial charge >= 0.3 is 0 Å². The topological polar surface area (TPSA) is 22.1 Å². The number of hydrogen-bond donors (Lipinski definition) is 0. The number of aromatic nitrogens is 1. The van der Waals surface area contributed by atoms with Crippen molar-refractivity contribution in [2.75, 3.05) is 7.11 Å². The Kier molecular flexibility index (Phi) is 2.35. The van der Waals surface area contributed by atoms with Crippen LogP contribution in [0.3, 0.4) is 0 Å². The van der Waals surface area contributed by atoms with Crippen LogP contribution in [0, 0.1) is 0 Å². The molecular formula is C6H5Cl2NO. The van der Waals surface area contributed by atoms with Gasteiger partial charge in [-0.05, 0) is 12.1 Å². The Hall–Kier alpha value is -0.470. The van der Waals surface area contributed by atoms with Gasteiger partial charge in [0.15, 0.2) is 10.9 Å². The predicted molar refractivity (Wildman–Crippen MR) is 40.8 cm³/mol. The number of methoxy groups -OCH3 is 1. The zero-order valence-corrected chi connectivity index (χ0v) is 6.78. The van der Waals surface area contributed by atoms with Crippen LogP contribution < -0.4 is 4.74 Å². The van der Waals surface area contributed by atoms with Gasteiger partial charge in [0.1, 0.15) is 5.15 Å². The van der Waals surface area contributed by atoms with E-state index in [1.54, 1.807) is 12.1 Å². The minimum absolute atomic E-state index is 0.287. The van der Waals surface area contributed by atoms with Crippen LogP contribution >= 0.6 is 23.2 Å². The quantitative estimate of drug-likeness (QED) is 0.616. The maximum absolute atomic E-state index is 5.61. The highest BCUT2D eigenvalue weighted by molar-refractivity contribution is 6.33. The molecule has 0 N–H and O–H groups in total. The zero-order valence-electron chi connectivity index (χ0n) is 5.27. The molecule has 0 bridgehead atoms. The Balaban J connectivity index is 3.07. The molecule has 0 saturated heterocycles. The van der Waals surface area contributed by atoms with Crippen LogP contribution in [0.4, 0.5) is 0 Å². The molecule has 0 aliphatic heterocycles. The van der Waals surface area contributed by atoms with Crippen LogP contribution in [-0.4, -0.2) is 12.1 Å². The third-order valence-electron chi connectivity index (χ3n) is 1.00. The van der Waals surface area contributed by atoms with Gasteiger partial charge < -0.3 is 4.74 Å². The van der Waals surface area contributed by atoms with E-state index in [1.807, 2.05) is 0 Å². The summed E-state index contributed by atoms with van der Waals surface area (Å²) >= 11 is 11.1. The molecule has 0 spiro atoms. The van der Waals surface area contributed by atoms with E-state index in [1.165, 1.54) is 7.11 Å². The third-order valence-corrected chi connectivity index (χ3v) is 1.48. The molecule has 0 amide bonds. The summed E-state index contributed by atoms with van der Waals surface area (Å²) in [4.78, 5) is 3.75. The molecule has 54 valence electrons. The molecule has 1 aromatic heterocycles. The van der Waals surface area contributed by atoms with Crippen molar-refractivity contribution < 1.29 is 4.74 Å². The van der Waals surface area contributed by atoms with Crippen molar-refractivity contribution in [2.24, 2.45) is 0 Å². The van der Waals surface area contributed by atoms with Gasteiger partial charge in [-0.25, -0.2) is 4.98 Å². The fourth-order valence-electron chi connectivity index (χ4n) is 0.552. The van der Waals surface area contributed by atoms with E-state index < -0.39 is 0 Å². The monoisotopic (exact) mass is 177 g/mol. The van der Waals surface area contributed by atoms with Crippen LogP contribution in [0.2, 0.25) is 10.3 Å². The van der Waals surface area contributed by atoms with Gasteiger partial charge in [-0.1, -0.05) is 23.2 Å². The van der Waals surface area contributed by atoms with Crippen molar-refractivity contribution in [3.63, 3.8) is 0 Å². The summed E-state index contributed by atoms with van der Waals surface area (Å²) in [5.74, 6) is 0.533. The summed E-state index contributed by atoms with van der Waals surface area (Å²) in [6, 6.07) is 3.28. The van der Waals surface area contributed by atoms with E-state index in [2.05, 4.69) is 4.98 Å². The summed E-state index contributed by atoms with van der Waals surface area (Å²) < 4.78 is 4.85. The van der Waals surface area contributed by atoms with Crippen molar-refractivity contribution in [3.05, 3.63) is 22.4 Å². The molecule has 0 aliphatic carbocycles. The average Bonchev–Trinajstić information content (AvgIpc) is 1.88. The second-order valence-electron chi connectivity index (χ2n) is 1.63. The molecule has 0 fully saturated rings. The lowest BCUT2D eigenvalue weighted by atomic mass is 10.5. The molecule has 2 nitrogen and oxygen atoms in total. The lowest BCUT2D eigenvalue weighted by molar-refractivity contribution is 0.413. The fourth-order valence-corrected chi connectivity index (χ4v) is 0.974. The summed E-state index contributed by atoms with van der Waals surface area (Å²) in [5.41, 5.74) is 0. The molecule has 0 atom stereocenters. The first-order valence-corrected chi connectivity index (χ1v) is 3.35. The SMILES string of the molecule is COc1ccc(Cl)nc1Cl. The maximum Gasteiger partial charge on any atom is 0.172 e. The molecule has 4 heteroatoms. The fraction of sp³-hybridized carbons (Fsp3) is 0.167. The molecule has 1 aromatic rings. The molecule has 0 radical (unpaired) electrons. The van der Waals surface area contributed by atoms with Gasteiger partial charge in [-0.2, -0.15) is 0 Å². The van der Waals surface area contributed by atoms with E-state index in [0.29, 0.717) is 10.9 Å². The Morgan fingerprint density at radius 3 is 2.60 bits per heavy atom. The van der Waals surface area contributed by atoms with Crippen LogP contribution in [0.25, 0.3) is 0 Å². The van der Waals surface area contributed by atoms with E-state index in [-0.39, 0.29) is 5.15 Å². The van der Waals surface area contributed by atoms with Crippen molar-refractivity contribution in [1.29, 1.82) is 0 Å². The Morgan fingerprint density at radius 2 is 2.10 bits per heavy atom. The first kappa shape index (κ1) is 7.63.